The fraction of sp³-hybridized carbons (Fsp3) is 0.765. The van der Waals surface area contributed by atoms with Crippen LogP contribution in [0.3, 0.4) is 0 Å². The first kappa shape index (κ1) is 16.1. The molecule has 0 radical (unpaired) electrons. The Labute approximate surface area is 129 Å². The third-order valence-electron chi connectivity index (χ3n) is 4.61. The van der Waals surface area contributed by atoms with Gasteiger partial charge in [-0.3, -0.25) is 0 Å². The average molecular weight is 290 g/mol. The zero-order valence-electron chi connectivity index (χ0n) is 13.8. The van der Waals surface area contributed by atoms with Gasteiger partial charge in [0, 0.05) is 18.2 Å². The molecule has 0 atom stereocenters. The number of hydrogen-bond acceptors (Lipinski definition) is 4. The second-order valence-corrected chi connectivity index (χ2v) is 6.10. The summed E-state index contributed by atoms with van der Waals surface area (Å²) in [7, 11) is 0. The molecule has 0 aromatic carbocycles. The fourth-order valence-electron chi connectivity index (χ4n) is 3.18. The van der Waals surface area contributed by atoms with E-state index in [0.717, 1.165) is 36.9 Å². The maximum Gasteiger partial charge on any atom is 0.134 e. The first-order valence-corrected chi connectivity index (χ1v) is 8.62. The van der Waals surface area contributed by atoms with Crippen molar-refractivity contribution in [3.8, 4) is 0 Å². The Balaban J connectivity index is 2.02. The Kier molecular flexibility index (Phi) is 6.27. The van der Waals surface area contributed by atoms with E-state index >= 15 is 0 Å². The van der Waals surface area contributed by atoms with Crippen LogP contribution in [0.15, 0.2) is 6.33 Å². The molecule has 4 nitrogen and oxygen atoms in total. The van der Waals surface area contributed by atoms with Crippen LogP contribution in [0, 0.1) is 5.92 Å². The molecule has 1 saturated carbocycles. The van der Waals surface area contributed by atoms with E-state index in [1.54, 1.807) is 6.33 Å². The minimum Gasteiger partial charge on any atom is -0.370 e. The number of rotatable bonds is 7. The highest BCUT2D eigenvalue weighted by Crippen LogP contribution is 2.29. The van der Waals surface area contributed by atoms with Crippen molar-refractivity contribution < 1.29 is 0 Å². The molecule has 0 amide bonds. The van der Waals surface area contributed by atoms with Gasteiger partial charge in [-0.15, -0.1) is 0 Å². The lowest BCUT2D eigenvalue weighted by molar-refractivity contribution is 0.329. The zero-order chi connectivity index (χ0) is 15.1. The number of hydrogen-bond donors (Lipinski definition) is 2. The molecule has 118 valence electrons. The van der Waals surface area contributed by atoms with Gasteiger partial charge >= 0.3 is 0 Å². The molecule has 2 rings (SSSR count). The topological polar surface area (TPSA) is 49.8 Å². The highest BCUT2D eigenvalue weighted by atomic mass is 15.1. The van der Waals surface area contributed by atoms with Crippen LogP contribution in [0.25, 0.3) is 0 Å². The van der Waals surface area contributed by atoms with Crippen LogP contribution in [-0.4, -0.2) is 22.6 Å². The van der Waals surface area contributed by atoms with Crippen LogP contribution in [0.5, 0.6) is 0 Å². The van der Waals surface area contributed by atoms with Crippen molar-refractivity contribution in [3.63, 3.8) is 0 Å². The second kappa shape index (κ2) is 8.20. The summed E-state index contributed by atoms with van der Waals surface area (Å²) in [5.74, 6) is 2.96. The van der Waals surface area contributed by atoms with Gasteiger partial charge in [-0.2, -0.15) is 0 Å². The van der Waals surface area contributed by atoms with Crippen LogP contribution < -0.4 is 10.6 Å². The lowest BCUT2D eigenvalue weighted by Crippen LogP contribution is -2.27. The molecule has 1 heterocycles. The van der Waals surface area contributed by atoms with Gasteiger partial charge in [0.2, 0.25) is 0 Å². The third-order valence-corrected chi connectivity index (χ3v) is 4.61. The van der Waals surface area contributed by atoms with Gasteiger partial charge in [0.25, 0.3) is 0 Å². The molecular formula is C17H30N4. The Morgan fingerprint density at radius 2 is 1.76 bits per heavy atom. The summed E-state index contributed by atoms with van der Waals surface area (Å²) < 4.78 is 0. The molecule has 1 aromatic rings. The highest BCUT2D eigenvalue weighted by Gasteiger charge is 2.21. The molecule has 2 N–H and O–H groups in total. The molecule has 21 heavy (non-hydrogen) atoms. The van der Waals surface area contributed by atoms with Gasteiger partial charge in [0.05, 0.1) is 0 Å². The number of nitrogens with zero attached hydrogens (tertiary/aromatic N) is 2. The summed E-state index contributed by atoms with van der Waals surface area (Å²) in [6, 6.07) is 0.576. The largest absolute Gasteiger partial charge is 0.370 e. The zero-order valence-corrected chi connectivity index (χ0v) is 13.8. The van der Waals surface area contributed by atoms with Crippen LogP contribution in [-0.2, 0) is 6.42 Å². The molecule has 0 spiro atoms. The SMILES string of the molecule is CCCNc1ncnc(NC2CCC(CC)CC2)c1CC. The van der Waals surface area contributed by atoms with E-state index < -0.39 is 0 Å². The molecule has 4 heteroatoms. The van der Waals surface area contributed by atoms with E-state index in [4.69, 9.17) is 0 Å². The van der Waals surface area contributed by atoms with Gasteiger partial charge in [0.15, 0.2) is 0 Å². The Morgan fingerprint density at radius 1 is 1.05 bits per heavy atom. The summed E-state index contributed by atoms with van der Waals surface area (Å²) in [6.07, 6.45) is 10.3. The van der Waals surface area contributed by atoms with Crippen molar-refractivity contribution in [2.24, 2.45) is 5.92 Å². The first-order valence-electron chi connectivity index (χ1n) is 8.62. The van der Waals surface area contributed by atoms with E-state index in [-0.39, 0.29) is 0 Å². The predicted octanol–water partition coefficient (Wildman–Crippen LogP) is 4.24. The summed E-state index contributed by atoms with van der Waals surface area (Å²) in [5, 5.41) is 7.09. The number of nitrogens with one attached hydrogen (secondary N) is 2. The molecule has 1 aliphatic rings. The van der Waals surface area contributed by atoms with E-state index in [1.165, 1.54) is 37.7 Å². The van der Waals surface area contributed by atoms with Gasteiger partial charge in [-0.05, 0) is 44.4 Å². The van der Waals surface area contributed by atoms with Gasteiger partial charge in [0.1, 0.15) is 18.0 Å². The monoisotopic (exact) mass is 290 g/mol. The molecule has 1 aliphatic carbocycles. The Morgan fingerprint density at radius 3 is 2.38 bits per heavy atom. The predicted molar refractivity (Wildman–Crippen MR) is 89.9 cm³/mol. The first-order chi connectivity index (χ1) is 10.3. The van der Waals surface area contributed by atoms with E-state index in [1.807, 2.05) is 0 Å². The molecule has 1 aromatic heterocycles. The van der Waals surface area contributed by atoms with E-state index in [2.05, 4.69) is 41.4 Å². The summed E-state index contributed by atoms with van der Waals surface area (Å²) in [6.45, 7) is 7.62. The van der Waals surface area contributed by atoms with Gasteiger partial charge in [-0.25, -0.2) is 9.97 Å². The summed E-state index contributed by atoms with van der Waals surface area (Å²) >= 11 is 0. The normalized spacial score (nSPS) is 22.0. The fourth-order valence-corrected chi connectivity index (χ4v) is 3.18. The number of aromatic nitrogens is 2. The third kappa shape index (κ3) is 4.32. The minimum atomic E-state index is 0.576. The van der Waals surface area contributed by atoms with Crippen molar-refractivity contribution >= 4 is 11.6 Å². The molecule has 0 unspecified atom stereocenters. The quantitative estimate of drug-likeness (QED) is 0.788. The van der Waals surface area contributed by atoms with Crippen LogP contribution in [0.1, 0.15) is 64.9 Å². The van der Waals surface area contributed by atoms with Crippen molar-refractivity contribution in [3.05, 3.63) is 11.9 Å². The highest BCUT2D eigenvalue weighted by molar-refractivity contribution is 5.57. The summed E-state index contributed by atoms with van der Waals surface area (Å²) in [5.41, 5.74) is 1.23. The van der Waals surface area contributed by atoms with Crippen molar-refractivity contribution in [2.75, 3.05) is 17.2 Å². The average Bonchev–Trinajstić information content (AvgIpc) is 2.53. The summed E-state index contributed by atoms with van der Waals surface area (Å²) in [4.78, 5) is 8.89. The molecular weight excluding hydrogens is 260 g/mol. The Hall–Kier alpha value is -1.32. The van der Waals surface area contributed by atoms with Gasteiger partial charge < -0.3 is 10.6 Å². The lowest BCUT2D eigenvalue weighted by Gasteiger charge is -2.29. The van der Waals surface area contributed by atoms with Crippen LogP contribution in [0.2, 0.25) is 0 Å². The van der Waals surface area contributed by atoms with Crippen molar-refractivity contribution in [1.82, 2.24) is 9.97 Å². The van der Waals surface area contributed by atoms with E-state index in [9.17, 15) is 0 Å². The van der Waals surface area contributed by atoms with Crippen molar-refractivity contribution in [2.45, 2.75) is 71.8 Å². The maximum absolute atomic E-state index is 4.49. The van der Waals surface area contributed by atoms with E-state index in [0.29, 0.717) is 6.04 Å². The molecule has 1 fully saturated rings. The standard InChI is InChI=1S/C17H30N4/c1-4-11-18-16-15(6-3)17(20-12-19-16)21-14-9-7-13(5-2)8-10-14/h12-14H,4-11H2,1-3H3,(H2,18,19,20,21). The minimum absolute atomic E-state index is 0.576. The van der Waals surface area contributed by atoms with Crippen LogP contribution in [0.4, 0.5) is 11.6 Å². The second-order valence-electron chi connectivity index (χ2n) is 6.10. The Bertz CT molecular complexity index is 425. The number of anilines is 2. The van der Waals surface area contributed by atoms with Crippen molar-refractivity contribution in [1.29, 1.82) is 0 Å². The molecule has 0 aliphatic heterocycles. The van der Waals surface area contributed by atoms with Crippen LogP contribution >= 0.6 is 0 Å². The van der Waals surface area contributed by atoms with Gasteiger partial charge in [-0.1, -0.05) is 27.2 Å². The lowest BCUT2D eigenvalue weighted by atomic mass is 9.84. The smallest absolute Gasteiger partial charge is 0.134 e. The maximum atomic E-state index is 4.49. The molecule has 0 bridgehead atoms. The molecule has 0 saturated heterocycles.